The van der Waals surface area contributed by atoms with Crippen LogP contribution in [0.4, 0.5) is 5.69 Å². The van der Waals surface area contributed by atoms with Crippen LogP contribution in [0, 0.1) is 0 Å². The van der Waals surface area contributed by atoms with Gasteiger partial charge in [-0.15, -0.1) is 0 Å². The summed E-state index contributed by atoms with van der Waals surface area (Å²) >= 11 is 0. The number of carbonyl (C=O) groups is 3. The van der Waals surface area contributed by atoms with E-state index in [0.717, 1.165) is 5.56 Å². The van der Waals surface area contributed by atoms with Crippen LogP contribution in [0.2, 0.25) is 0 Å². The van der Waals surface area contributed by atoms with Gasteiger partial charge in [0.1, 0.15) is 0 Å². The zero-order valence-corrected chi connectivity index (χ0v) is 14.9. The molecule has 3 amide bonds. The van der Waals surface area contributed by atoms with E-state index in [1.54, 1.807) is 53.7 Å². The lowest BCUT2D eigenvalue weighted by Gasteiger charge is -2.19. The summed E-state index contributed by atoms with van der Waals surface area (Å²) in [5.74, 6) is -1.65. The maximum atomic E-state index is 12.4. The Morgan fingerprint density at radius 1 is 1.00 bits per heavy atom. The van der Waals surface area contributed by atoms with E-state index in [1.165, 1.54) is 0 Å². The molecule has 26 heavy (non-hydrogen) atoms. The fourth-order valence-corrected chi connectivity index (χ4v) is 2.37. The Hall–Kier alpha value is -3.22. The van der Waals surface area contributed by atoms with Crippen LogP contribution in [-0.2, 0) is 16.1 Å². The van der Waals surface area contributed by atoms with Crippen LogP contribution in [0.3, 0.4) is 0 Å². The molecule has 0 aliphatic heterocycles. The van der Waals surface area contributed by atoms with Crippen molar-refractivity contribution in [3.8, 4) is 0 Å². The molecule has 0 atom stereocenters. The number of benzene rings is 1. The van der Waals surface area contributed by atoms with E-state index < -0.39 is 11.8 Å². The summed E-state index contributed by atoms with van der Waals surface area (Å²) in [6.07, 6.45) is 3.22. The third kappa shape index (κ3) is 5.14. The highest BCUT2D eigenvalue weighted by atomic mass is 16.2. The first-order valence-electron chi connectivity index (χ1n) is 8.42. The van der Waals surface area contributed by atoms with E-state index in [2.05, 4.69) is 15.6 Å². The third-order valence-electron chi connectivity index (χ3n) is 3.83. The van der Waals surface area contributed by atoms with Crippen LogP contribution in [-0.4, -0.2) is 40.7 Å². The average molecular weight is 354 g/mol. The molecule has 136 valence electrons. The molecular weight excluding hydrogens is 332 g/mol. The van der Waals surface area contributed by atoms with Crippen molar-refractivity contribution in [3.63, 3.8) is 0 Å². The molecule has 0 aliphatic rings. The minimum absolute atomic E-state index is 0.117. The molecule has 0 aliphatic carbocycles. The molecule has 1 heterocycles. The summed E-state index contributed by atoms with van der Waals surface area (Å²) in [7, 11) is 0. The fraction of sp³-hybridized carbons (Fsp3) is 0.263. The van der Waals surface area contributed by atoms with Crippen molar-refractivity contribution >= 4 is 23.4 Å². The number of hydrogen-bond donors (Lipinski definition) is 2. The molecule has 1 aromatic heterocycles. The summed E-state index contributed by atoms with van der Waals surface area (Å²) in [6.45, 7) is 5.24. The zero-order valence-electron chi connectivity index (χ0n) is 14.9. The highest BCUT2D eigenvalue weighted by Gasteiger charge is 2.16. The molecule has 2 N–H and O–H groups in total. The van der Waals surface area contributed by atoms with Gasteiger partial charge in [0, 0.05) is 43.3 Å². The maximum absolute atomic E-state index is 12.4. The summed E-state index contributed by atoms with van der Waals surface area (Å²) in [6, 6.07) is 10.0. The minimum atomic E-state index is -0.786. The number of nitrogens with one attached hydrogen (secondary N) is 2. The number of pyridine rings is 1. The monoisotopic (exact) mass is 354 g/mol. The van der Waals surface area contributed by atoms with Crippen molar-refractivity contribution in [3.05, 3.63) is 59.9 Å². The van der Waals surface area contributed by atoms with Gasteiger partial charge in [-0.05, 0) is 49.7 Å². The van der Waals surface area contributed by atoms with Gasteiger partial charge >= 0.3 is 11.8 Å². The predicted octanol–water partition coefficient (Wildman–Crippen LogP) is 1.82. The fourth-order valence-electron chi connectivity index (χ4n) is 2.37. The van der Waals surface area contributed by atoms with Gasteiger partial charge < -0.3 is 15.5 Å². The van der Waals surface area contributed by atoms with Crippen LogP contribution >= 0.6 is 0 Å². The Morgan fingerprint density at radius 2 is 1.69 bits per heavy atom. The van der Waals surface area contributed by atoms with Gasteiger partial charge in [0.2, 0.25) is 0 Å². The average Bonchev–Trinajstić information content (AvgIpc) is 2.68. The van der Waals surface area contributed by atoms with E-state index in [9.17, 15) is 14.4 Å². The first-order chi connectivity index (χ1) is 12.5. The molecule has 2 rings (SSSR count). The molecule has 0 radical (unpaired) electrons. The Balaban J connectivity index is 1.97. The van der Waals surface area contributed by atoms with Gasteiger partial charge in [0.15, 0.2) is 0 Å². The zero-order chi connectivity index (χ0) is 18.9. The largest absolute Gasteiger partial charge is 0.344 e. The molecule has 7 heteroatoms. The van der Waals surface area contributed by atoms with Gasteiger partial charge in [-0.2, -0.15) is 0 Å². The number of nitrogens with zero attached hydrogens (tertiary/aromatic N) is 2. The first kappa shape index (κ1) is 19.1. The predicted molar refractivity (Wildman–Crippen MR) is 98.4 cm³/mol. The Labute approximate surface area is 152 Å². The third-order valence-corrected chi connectivity index (χ3v) is 3.83. The summed E-state index contributed by atoms with van der Waals surface area (Å²) in [5.41, 5.74) is 1.70. The maximum Gasteiger partial charge on any atom is 0.313 e. The van der Waals surface area contributed by atoms with Crippen LogP contribution in [0.25, 0.3) is 0 Å². The highest BCUT2D eigenvalue weighted by molar-refractivity contribution is 6.39. The molecule has 0 spiro atoms. The Morgan fingerprint density at radius 3 is 2.35 bits per heavy atom. The van der Waals surface area contributed by atoms with Crippen LogP contribution < -0.4 is 10.6 Å². The number of aromatic nitrogens is 1. The molecule has 0 unspecified atom stereocenters. The smallest absolute Gasteiger partial charge is 0.313 e. The normalized spacial score (nSPS) is 10.1. The standard InChI is InChI=1S/C19H22N4O3/c1-3-23(4-2)19(26)15-6-5-7-16(12-15)22-18(25)17(24)21-13-14-8-10-20-11-9-14/h5-12H,3-4,13H2,1-2H3,(H,21,24)(H,22,25). The lowest BCUT2D eigenvalue weighted by molar-refractivity contribution is -0.136. The van der Waals surface area contributed by atoms with E-state index in [1.807, 2.05) is 13.8 Å². The highest BCUT2D eigenvalue weighted by Crippen LogP contribution is 2.13. The van der Waals surface area contributed by atoms with Gasteiger partial charge in [0.05, 0.1) is 0 Å². The van der Waals surface area contributed by atoms with Crippen molar-refractivity contribution in [2.75, 3.05) is 18.4 Å². The van der Waals surface area contributed by atoms with Crippen LogP contribution in [0.1, 0.15) is 29.8 Å². The van der Waals surface area contributed by atoms with Crippen LogP contribution in [0.15, 0.2) is 48.8 Å². The summed E-state index contributed by atoms with van der Waals surface area (Å²) in [5, 5.41) is 5.05. The van der Waals surface area contributed by atoms with E-state index in [4.69, 9.17) is 0 Å². The van der Waals surface area contributed by atoms with Crippen molar-refractivity contribution in [1.29, 1.82) is 0 Å². The second-order valence-electron chi connectivity index (χ2n) is 5.55. The number of hydrogen-bond acceptors (Lipinski definition) is 4. The second kappa shape index (κ2) is 9.31. The number of amides is 3. The van der Waals surface area contributed by atoms with Gasteiger partial charge in [-0.3, -0.25) is 19.4 Å². The van der Waals surface area contributed by atoms with Crippen molar-refractivity contribution in [2.24, 2.45) is 0 Å². The molecule has 0 bridgehead atoms. The first-order valence-corrected chi connectivity index (χ1v) is 8.42. The van der Waals surface area contributed by atoms with Gasteiger partial charge in [-0.25, -0.2) is 0 Å². The van der Waals surface area contributed by atoms with E-state index in [-0.39, 0.29) is 12.5 Å². The van der Waals surface area contributed by atoms with Gasteiger partial charge in [-0.1, -0.05) is 6.07 Å². The molecule has 0 saturated heterocycles. The lowest BCUT2D eigenvalue weighted by atomic mass is 10.1. The SMILES string of the molecule is CCN(CC)C(=O)c1cccc(NC(=O)C(=O)NCc2ccncc2)c1. The van der Waals surface area contributed by atoms with Crippen molar-refractivity contribution < 1.29 is 14.4 Å². The summed E-state index contributed by atoms with van der Waals surface area (Å²) < 4.78 is 0. The number of anilines is 1. The minimum Gasteiger partial charge on any atom is -0.344 e. The topological polar surface area (TPSA) is 91.4 Å². The van der Waals surface area contributed by atoms with E-state index >= 15 is 0 Å². The Bertz CT molecular complexity index is 773. The molecular formula is C19H22N4O3. The number of rotatable bonds is 6. The number of carbonyl (C=O) groups excluding carboxylic acids is 3. The molecule has 0 saturated carbocycles. The molecule has 0 fully saturated rings. The Kier molecular flexibility index (Phi) is 6.84. The van der Waals surface area contributed by atoms with Gasteiger partial charge in [0.25, 0.3) is 5.91 Å². The van der Waals surface area contributed by atoms with Crippen molar-refractivity contribution in [2.45, 2.75) is 20.4 Å². The molecule has 7 nitrogen and oxygen atoms in total. The van der Waals surface area contributed by atoms with Crippen molar-refractivity contribution in [1.82, 2.24) is 15.2 Å². The quantitative estimate of drug-likeness (QED) is 0.774. The molecule has 1 aromatic carbocycles. The summed E-state index contributed by atoms with van der Waals surface area (Å²) in [4.78, 5) is 41.9. The van der Waals surface area contributed by atoms with Crippen LogP contribution in [0.5, 0.6) is 0 Å². The second-order valence-corrected chi connectivity index (χ2v) is 5.55. The van der Waals surface area contributed by atoms with E-state index in [0.29, 0.717) is 24.3 Å². The molecule has 2 aromatic rings. The lowest BCUT2D eigenvalue weighted by Crippen LogP contribution is -2.35.